The molecular formula is C13H17N3O3S. The average molecular weight is 295 g/mol. The molecule has 7 heteroatoms. The van der Waals surface area contributed by atoms with Gasteiger partial charge in [0.2, 0.25) is 0 Å². The number of amides is 2. The van der Waals surface area contributed by atoms with Crippen LogP contribution in [0.15, 0.2) is 5.38 Å². The lowest BCUT2D eigenvalue weighted by Crippen LogP contribution is -2.45. The van der Waals surface area contributed by atoms with Gasteiger partial charge >= 0.3 is 12.0 Å². The van der Waals surface area contributed by atoms with Crippen molar-refractivity contribution in [3.63, 3.8) is 0 Å². The molecule has 0 bridgehead atoms. The summed E-state index contributed by atoms with van der Waals surface area (Å²) in [6.45, 7) is 2.39. The van der Waals surface area contributed by atoms with Gasteiger partial charge in [0.25, 0.3) is 0 Å². The Morgan fingerprint density at radius 2 is 2.30 bits per heavy atom. The van der Waals surface area contributed by atoms with Gasteiger partial charge in [-0.15, -0.1) is 11.3 Å². The highest BCUT2D eigenvalue weighted by Crippen LogP contribution is 2.42. The molecule has 6 nitrogen and oxygen atoms in total. The van der Waals surface area contributed by atoms with E-state index in [1.54, 1.807) is 0 Å². The second-order valence-electron chi connectivity index (χ2n) is 5.51. The molecule has 3 atom stereocenters. The van der Waals surface area contributed by atoms with Gasteiger partial charge in [-0.3, -0.25) is 5.32 Å². The first-order valence-corrected chi connectivity index (χ1v) is 7.67. The molecular weight excluding hydrogens is 278 g/mol. The summed E-state index contributed by atoms with van der Waals surface area (Å²) >= 11 is 1.35. The zero-order valence-corrected chi connectivity index (χ0v) is 12.0. The van der Waals surface area contributed by atoms with Crippen LogP contribution in [0.2, 0.25) is 0 Å². The largest absolute Gasteiger partial charge is 0.480 e. The van der Waals surface area contributed by atoms with Gasteiger partial charge in [0, 0.05) is 11.9 Å². The second kappa shape index (κ2) is 5.05. The molecule has 1 saturated carbocycles. The molecule has 2 heterocycles. The number of likely N-dealkylation sites (tertiary alicyclic amines) is 1. The Morgan fingerprint density at radius 3 is 2.95 bits per heavy atom. The fourth-order valence-electron chi connectivity index (χ4n) is 3.41. The number of hydrogen-bond acceptors (Lipinski definition) is 4. The van der Waals surface area contributed by atoms with Crippen LogP contribution in [-0.4, -0.2) is 39.6 Å². The Morgan fingerprint density at radius 1 is 1.50 bits per heavy atom. The minimum Gasteiger partial charge on any atom is -0.480 e. The van der Waals surface area contributed by atoms with E-state index >= 15 is 0 Å². The highest BCUT2D eigenvalue weighted by molar-refractivity contribution is 7.13. The van der Waals surface area contributed by atoms with Crippen LogP contribution in [0.3, 0.4) is 0 Å². The van der Waals surface area contributed by atoms with Gasteiger partial charge in [0.05, 0.1) is 5.69 Å². The highest BCUT2D eigenvalue weighted by atomic mass is 32.1. The number of urea groups is 1. The fourth-order valence-corrected chi connectivity index (χ4v) is 4.08. The summed E-state index contributed by atoms with van der Waals surface area (Å²) in [6, 6.07) is -1.04. The van der Waals surface area contributed by atoms with Gasteiger partial charge in [-0.05, 0) is 31.6 Å². The number of nitrogens with zero attached hydrogens (tertiary/aromatic N) is 2. The lowest BCUT2D eigenvalue weighted by molar-refractivity contribution is -0.142. The highest BCUT2D eigenvalue weighted by Gasteiger charge is 2.49. The molecule has 2 amide bonds. The molecule has 3 rings (SSSR count). The second-order valence-corrected chi connectivity index (χ2v) is 6.37. The van der Waals surface area contributed by atoms with E-state index in [2.05, 4.69) is 10.3 Å². The zero-order valence-electron chi connectivity index (χ0n) is 11.2. The van der Waals surface area contributed by atoms with E-state index in [0.29, 0.717) is 17.6 Å². The molecule has 1 saturated heterocycles. The average Bonchev–Trinajstić information content (AvgIpc) is 3.02. The third kappa shape index (κ3) is 2.26. The van der Waals surface area contributed by atoms with E-state index < -0.39 is 12.0 Å². The first kappa shape index (κ1) is 13.4. The minimum absolute atomic E-state index is 0.108. The van der Waals surface area contributed by atoms with E-state index in [-0.39, 0.29) is 11.9 Å². The number of nitrogens with one attached hydrogen (secondary N) is 1. The number of aryl methyl sites for hydroxylation is 1. The molecule has 1 aromatic rings. The number of carbonyl (C=O) groups excluding carboxylic acids is 1. The van der Waals surface area contributed by atoms with Crippen molar-refractivity contribution >= 4 is 28.5 Å². The number of aromatic nitrogens is 1. The number of aliphatic carboxylic acids is 1. The minimum atomic E-state index is -0.898. The van der Waals surface area contributed by atoms with Crippen molar-refractivity contribution in [3.05, 3.63) is 11.1 Å². The molecule has 2 fully saturated rings. The number of fused-ring (bicyclic) bond motifs is 1. The van der Waals surface area contributed by atoms with Crippen molar-refractivity contribution in [2.45, 2.75) is 32.2 Å². The quantitative estimate of drug-likeness (QED) is 0.876. The molecule has 1 aliphatic carbocycles. The van der Waals surface area contributed by atoms with Crippen LogP contribution in [0.5, 0.6) is 0 Å². The molecule has 1 aromatic heterocycles. The standard InChI is InChI=1S/C13H17N3O3S/c1-7-6-20-12(14-7)15-13(19)16-5-8-3-2-4-9(8)10(16)11(17)18/h6,8-10H,2-5H2,1H3,(H,17,18)(H,14,15,19). The molecule has 108 valence electrons. The first-order chi connectivity index (χ1) is 9.56. The SMILES string of the molecule is Cc1csc(NC(=O)N2CC3CCCC3C2C(=O)O)n1. The van der Waals surface area contributed by atoms with Crippen LogP contribution >= 0.6 is 11.3 Å². The van der Waals surface area contributed by atoms with Crippen molar-refractivity contribution in [1.82, 2.24) is 9.88 Å². The Kier molecular flexibility index (Phi) is 3.37. The maximum Gasteiger partial charge on any atom is 0.326 e. The molecule has 0 aromatic carbocycles. The van der Waals surface area contributed by atoms with Crippen LogP contribution in [-0.2, 0) is 4.79 Å². The molecule has 2 aliphatic rings. The predicted octanol–water partition coefficient (Wildman–Crippen LogP) is 2.17. The van der Waals surface area contributed by atoms with Gasteiger partial charge in [-0.2, -0.15) is 0 Å². The molecule has 2 N–H and O–H groups in total. The molecule has 3 unspecified atom stereocenters. The monoisotopic (exact) mass is 295 g/mol. The van der Waals surface area contributed by atoms with Crippen molar-refractivity contribution in [2.24, 2.45) is 11.8 Å². The normalized spacial score (nSPS) is 28.4. The van der Waals surface area contributed by atoms with E-state index in [4.69, 9.17) is 0 Å². The van der Waals surface area contributed by atoms with Crippen LogP contribution in [0, 0.1) is 18.8 Å². The van der Waals surface area contributed by atoms with Crippen molar-refractivity contribution < 1.29 is 14.7 Å². The smallest absolute Gasteiger partial charge is 0.326 e. The van der Waals surface area contributed by atoms with E-state index in [0.717, 1.165) is 25.0 Å². The number of rotatable bonds is 2. The first-order valence-electron chi connectivity index (χ1n) is 6.79. The summed E-state index contributed by atoms with van der Waals surface area (Å²) in [5, 5.41) is 14.5. The number of hydrogen-bond donors (Lipinski definition) is 2. The molecule has 1 aliphatic heterocycles. The zero-order chi connectivity index (χ0) is 14.3. The Labute approximate surface area is 120 Å². The van der Waals surface area contributed by atoms with Crippen LogP contribution in [0.25, 0.3) is 0 Å². The Balaban J connectivity index is 1.75. The van der Waals surface area contributed by atoms with E-state index in [9.17, 15) is 14.7 Å². The van der Waals surface area contributed by atoms with Crippen molar-refractivity contribution in [1.29, 1.82) is 0 Å². The van der Waals surface area contributed by atoms with Gasteiger partial charge in [-0.25, -0.2) is 14.6 Å². The lowest BCUT2D eigenvalue weighted by atomic mass is 9.94. The van der Waals surface area contributed by atoms with Crippen molar-refractivity contribution in [2.75, 3.05) is 11.9 Å². The Hall–Kier alpha value is -1.63. The summed E-state index contributed by atoms with van der Waals surface area (Å²) in [6.07, 6.45) is 3.00. The summed E-state index contributed by atoms with van der Waals surface area (Å²) in [5.74, 6) is -0.457. The molecule has 0 radical (unpaired) electrons. The van der Waals surface area contributed by atoms with E-state index in [1.807, 2.05) is 12.3 Å². The molecule has 0 spiro atoms. The summed E-state index contributed by atoms with van der Waals surface area (Å²) < 4.78 is 0. The number of carboxylic acids is 1. The molecule has 20 heavy (non-hydrogen) atoms. The third-order valence-electron chi connectivity index (χ3n) is 4.24. The number of carbonyl (C=O) groups is 2. The van der Waals surface area contributed by atoms with Gasteiger partial charge in [0.15, 0.2) is 5.13 Å². The summed E-state index contributed by atoms with van der Waals surface area (Å²) in [7, 11) is 0. The number of carboxylic acid groups (broad SMARTS) is 1. The summed E-state index contributed by atoms with van der Waals surface area (Å²) in [4.78, 5) is 29.4. The lowest BCUT2D eigenvalue weighted by Gasteiger charge is -2.24. The van der Waals surface area contributed by atoms with Crippen molar-refractivity contribution in [3.8, 4) is 0 Å². The Bertz CT molecular complexity index is 545. The maximum atomic E-state index is 12.3. The van der Waals surface area contributed by atoms with E-state index in [1.165, 1.54) is 16.2 Å². The van der Waals surface area contributed by atoms with Gasteiger partial charge in [0.1, 0.15) is 6.04 Å². The third-order valence-corrected chi connectivity index (χ3v) is 5.11. The number of anilines is 1. The van der Waals surface area contributed by atoms with Gasteiger partial charge in [-0.1, -0.05) is 6.42 Å². The maximum absolute atomic E-state index is 12.3. The van der Waals surface area contributed by atoms with Gasteiger partial charge < -0.3 is 10.0 Å². The van der Waals surface area contributed by atoms with Crippen LogP contribution in [0.1, 0.15) is 25.0 Å². The fraction of sp³-hybridized carbons (Fsp3) is 0.615. The summed E-state index contributed by atoms with van der Waals surface area (Å²) in [5.41, 5.74) is 0.846. The van der Waals surface area contributed by atoms with Crippen LogP contribution in [0.4, 0.5) is 9.93 Å². The predicted molar refractivity (Wildman–Crippen MR) is 74.8 cm³/mol. The topological polar surface area (TPSA) is 82.5 Å². The number of thiazole rings is 1. The van der Waals surface area contributed by atoms with Crippen LogP contribution < -0.4 is 5.32 Å².